The van der Waals surface area contributed by atoms with Gasteiger partial charge in [0.2, 0.25) is 0 Å². The highest BCUT2D eigenvalue weighted by atomic mass is 16.3. The lowest BCUT2D eigenvalue weighted by atomic mass is 9.89. The van der Waals surface area contributed by atoms with E-state index in [0.717, 1.165) is 12.2 Å². The third-order valence-corrected chi connectivity index (χ3v) is 4.62. The Labute approximate surface area is 127 Å². The highest BCUT2D eigenvalue weighted by Gasteiger charge is 2.17. The quantitative estimate of drug-likeness (QED) is 0.839. The Morgan fingerprint density at radius 1 is 1.14 bits per heavy atom. The minimum Gasteiger partial charge on any atom is -0.468 e. The van der Waals surface area contributed by atoms with Crippen molar-refractivity contribution >= 4 is 0 Å². The first kappa shape index (κ1) is 14.4. The molecule has 0 aliphatic heterocycles. The van der Waals surface area contributed by atoms with E-state index in [1.54, 1.807) is 17.4 Å². The van der Waals surface area contributed by atoms with Crippen LogP contribution in [0, 0.1) is 0 Å². The number of fused-ring (bicyclic) bond motifs is 1. The molecule has 3 rings (SSSR count). The van der Waals surface area contributed by atoms with Crippen molar-refractivity contribution in [2.45, 2.75) is 58.0 Å². The van der Waals surface area contributed by atoms with Crippen molar-refractivity contribution < 1.29 is 4.42 Å². The predicted molar refractivity (Wildman–Crippen MR) is 86.4 cm³/mol. The van der Waals surface area contributed by atoms with E-state index in [-0.39, 0.29) is 6.04 Å². The number of rotatable bonds is 5. The second-order valence-electron chi connectivity index (χ2n) is 6.10. The molecule has 112 valence electrons. The van der Waals surface area contributed by atoms with E-state index in [0.29, 0.717) is 6.04 Å². The summed E-state index contributed by atoms with van der Waals surface area (Å²) >= 11 is 0. The molecule has 1 aromatic carbocycles. The largest absolute Gasteiger partial charge is 0.468 e. The summed E-state index contributed by atoms with van der Waals surface area (Å²) in [4.78, 5) is 0. The highest BCUT2D eigenvalue weighted by Crippen LogP contribution is 2.27. The SMILES string of the molecule is CCC(NC(C)c1ccc2c(c1)CCCC2)c1ccco1. The van der Waals surface area contributed by atoms with Gasteiger partial charge in [0.05, 0.1) is 12.3 Å². The Hall–Kier alpha value is -1.54. The van der Waals surface area contributed by atoms with E-state index in [1.807, 2.05) is 6.07 Å². The number of nitrogens with one attached hydrogen (secondary N) is 1. The fraction of sp³-hybridized carbons (Fsp3) is 0.474. The Morgan fingerprint density at radius 3 is 2.67 bits per heavy atom. The van der Waals surface area contributed by atoms with E-state index in [2.05, 4.69) is 43.4 Å². The molecule has 2 aromatic rings. The number of hydrogen-bond donors (Lipinski definition) is 1. The molecule has 21 heavy (non-hydrogen) atoms. The van der Waals surface area contributed by atoms with Crippen molar-refractivity contribution in [3.8, 4) is 0 Å². The molecule has 2 heteroatoms. The third kappa shape index (κ3) is 3.21. The Kier molecular flexibility index (Phi) is 4.45. The lowest BCUT2D eigenvalue weighted by Crippen LogP contribution is -2.24. The highest BCUT2D eigenvalue weighted by molar-refractivity contribution is 5.35. The van der Waals surface area contributed by atoms with Crippen LogP contribution >= 0.6 is 0 Å². The minimum atomic E-state index is 0.283. The van der Waals surface area contributed by atoms with Gasteiger partial charge in [0.25, 0.3) is 0 Å². The van der Waals surface area contributed by atoms with E-state index in [4.69, 9.17) is 4.42 Å². The van der Waals surface area contributed by atoms with Gasteiger partial charge < -0.3 is 9.73 Å². The van der Waals surface area contributed by atoms with Crippen molar-refractivity contribution in [3.63, 3.8) is 0 Å². The molecule has 1 aromatic heterocycles. The monoisotopic (exact) mass is 283 g/mol. The van der Waals surface area contributed by atoms with Gasteiger partial charge >= 0.3 is 0 Å². The average molecular weight is 283 g/mol. The molecule has 2 nitrogen and oxygen atoms in total. The zero-order valence-corrected chi connectivity index (χ0v) is 13.1. The summed E-state index contributed by atoms with van der Waals surface area (Å²) in [6.45, 7) is 4.44. The number of hydrogen-bond acceptors (Lipinski definition) is 2. The van der Waals surface area contributed by atoms with Crippen molar-refractivity contribution in [2.75, 3.05) is 0 Å². The Morgan fingerprint density at radius 2 is 1.95 bits per heavy atom. The summed E-state index contributed by atoms with van der Waals surface area (Å²) in [6, 6.07) is 11.7. The normalized spacial score (nSPS) is 17.2. The van der Waals surface area contributed by atoms with Crippen LogP contribution in [-0.2, 0) is 12.8 Å². The topological polar surface area (TPSA) is 25.2 Å². The zero-order chi connectivity index (χ0) is 14.7. The van der Waals surface area contributed by atoms with Gasteiger partial charge in [-0.2, -0.15) is 0 Å². The third-order valence-electron chi connectivity index (χ3n) is 4.62. The van der Waals surface area contributed by atoms with Gasteiger partial charge in [-0.3, -0.25) is 0 Å². The van der Waals surface area contributed by atoms with E-state index in [1.165, 1.54) is 31.2 Å². The molecule has 2 unspecified atom stereocenters. The molecule has 0 fully saturated rings. The molecule has 0 saturated carbocycles. The van der Waals surface area contributed by atoms with E-state index < -0.39 is 0 Å². The van der Waals surface area contributed by atoms with Gasteiger partial charge in [-0.25, -0.2) is 0 Å². The maximum absolute atomic E-state index is 5.55. The maximum atomic E-state index is 5.55. The van der Waals surface area contributed by atoms with Crippen LogP contribution in [0.3, 0.4) is 0 Å². The van der Waals surface area contributed by atoms with Crippen LogP contribution < -0.4 is 5.32 Å². The van der Waals surface area contributed by atoms with Crippen LogP contribution in [-0.4, -0.2) is 0 Å². The van der Waals surface area contributed by atoms with Crippen molar-refractivity contribution in [3.05, 3.63) is 59.0 Å². The van der Waals surface area contributed by atoms with Crippen LogP contribution in [0.5, 0.6) is 0 Å². The number of furan rings is 1. The van der Waals surface area contributed by atoms with Gasteiger partial charge in [-0.1, -0.05) is 25.1 Å². The predicted octanol–water partition coefficient (Wildman–Crippen LogP) is 4.96. The summed E-state index contributed by atoms with van der Waals surface area (Å²) in [5, 5.41) is 3.70. The molecule has 0 saturated heterocycles. The first-order chi connectivity index (χ1) is 10.3. The molecular formula is C19H25NO. The molecule has 0 amide bonds. The van der Waals surface area contributed by atoms with Gasteiger partial charge in [0.1, 0.15) is 5.76 Å². The lowest BCUT2D eigenvalue weighted by molar-refractivity contribution is 0.376. The summed E-state index contributed by atoms with van der Waals surface area (Å²) in [7, 11) is 0. The molecule has 1 aliphatic carbocycles. The molecule has 0 radical (unpaired) electrons. The van der Waals surface area contributed by atoms with E-state index >= 15 is 0 Å². The second kappa shape index (κ2) is 6.48. The van der Waals surface area contributed by atoms with Crippen LogP contribution in [0.2, 0.25) is 0 Å². The van der Waals surface area contributed by atoms with Crippen LogP contribution in [0.25, 0.3) is 0 Å². The fourth-order valence-electron chi connectivity index (χ4n) is 3.31. The summed E-state index contributed by atoms with van der Waals surface area (Å²) in [5.74, 6) is 1.03. The standard InChI is InChI=1S/C19H25NO/c1-3-18(19-9-6-12-21-19)20-14(2)16-11-10-15-7-4-5-8-17(15)13-16/h6,9-14,18,20H,3-5,7-8H2,1-2H3. The first-order valence-electron chi connectivity index (χ1n) is 8.19. The molecule has 2 atom stereocenters. The van der Waals surface area contributed by atoms with Gasteiger partial charge in [0, 0.05) is 6.04 Å². The first-order valence-corrected chi connectivity index (χ1v) is 8.19. The molecule has 0 spiro atoms. The summed E-state index contributed by atoms with van der Waals surface area (Å²) in [5.41, 5.74) is 4.49. The summed E-state index contributed by atoms with van der Waals surface area (Å²) < 4.78 is 5.55. The van der Waals surface area contributed by atoms with Gasteiger partial charge in [-0.05, 0) is 67.9 Å². The van der Waals surface area contributed by atoms with Crippen molar-refractivity contribution in [1.29, 1.82) is 0 Å². The Bertz CT molecular complexity index is 573. The van der Waals surface area contributed by atoms with Crippen molar-refractivity contribution in [1.82, 2.24) is 5.32 Å². The lowest BCUT2D eigenvalue weighted by Gasteiger charge is -2.23. The molecular weight excluding hydrogens is 258 g/mol. The minimum absolute atomic E-state index is 0.283. The van der Waals surface area contributed by atoms with Gasteiger partial charge in [0.15, 0.2) is 0 Å². The Balaban J connectivity index is 1.74. The molecule has 1 heterocycles. The van der Waals surface area contributed by atoms with Crippen LogP contribution in [0.15, 0.2) is 41.0 Å². The molecule has 1 aliphatic rings. The van der Waals surface area contributed by atoms with Crippen molar-refractivity contribution in [2.24, 2.45) is 0 Å². The number of benzene rings is 1. The van der Waals surface area contributed by atoms with E-state index in [9.17, 15) is 0 Å². The number of aryl methyl sites for hydroxylation is 2. The maximum Gasteiger partial charge on any atom is 0.120 e. The average Bonchev–Trinajstić information content (AvgIpc) is 3.06. The smallest absolute Gasteiger partial charge is 0.120 e. The zero-order valence-electron chi connectivity index (χ0n) is 13.1. The molecule has 1 N–H and O–H groups in total. The fourth-order valence-corrected chi connectivity index (χ4v) is 3.31. The summed E-state index contributed by atoms with van der Waals surface area (Å²) in [6.07, 6.45) is 7.96. The van der Waals surface area contributed by atoms with Gasteiger partial charge in [-0.15, -0.1) is 0 Å². The molecule has 0 bridgehead atoms. The van der Waals surface area contributed by atoms with Crippen LogP contribution in [0.4, 0.5) is 0 Å². The second-order valence-corrected chi connectivity index (χ2v) is 6.10. The van der Waals surface area contributed by atoms with Crippen LogP contribution in [0.1, 0.15) is 67.6 Å².